The molecule has 0 spiro atoms. The van der Waals surface area contributed by atoms with E-state index in [1.807, 2.05) is 60.7 Å². The van der Waals surface area contributed by atoms with Gasteiger partial charge in [0.15, 0.2) is 0 Å². The zero-order valence-electron chi connectivity index (χ0n) is 12.1. The summed E-state index contributed by atoms with van der Waals surface area (Å²) in [7, 11) is 0. The summed E-state index contributed by atoms with van der Waals surface area (Å²) in [6.07, 6.45) is -0.236. The van der Waals surface area contributed by atoms with Crippen molar-refractivity contribution in [1.82, 2.24) is 0 Å². The molecule has 3 heteroatoms. The van der Waals surface area contributed by atoms with Crippen LogP contribution in [0.4, 0.5) is 0 Å². The highest BCUT2D eigenvalue weighted by molar-refractivity contribution is 5.25. The van der Waals surface area contributed by atoms with Crippen molar-refractivity contribution < 1.29 is 14.6 Å². The van der Waals surface area contributed by atoms with Crippen LogP contribution in [0.25, 0.3) is 0 Å². The van der Waals surface area contributed by atoms with Crippen LogP contribution in [0.15, 0.2) is 60.7 Å². The fourth-order valence-electron chi connectivity index (χ4n) is 2.57. The highest BCUT2D eigenvalue weighted by Gasteiger charge is 2.52. The molecule has 1 aliphatic heterocycles. The zero-order valence-corrected chi connectivity index (χ0v) is 12.1. The minimum atomic E-state index is -0.970. The Kier molecular flexibility index (Phi) is 4.06. The smallest absolute Gasteiger partial charge is 0.119 e. The summed E-state index contributed by atoms with van der Waals surface area (Å²) in [5, 5.41) is 10.6. The summed E-state index contributed by atoms with van der Waals surface area (Å²) >= 11 is 0. The van der Waals surface area contributed by atoms with Gasteiger partial charge in [0.2, 0.25) is 0 Å². The molecule has 1 saturated heterocycles. The van der Waals surface area contributed by atoms with Crippen molar-refractivity contribution >= 4 is 0 Å². The molecule has 1 aliphatic rings. The van der Waals surface area contributed by atoms with Crippen LogP contribution in [0.5, 0.6) is 0 Å². The lowest BCUT2D eigenvalue weighted by Gasteiger charge is -2.21. The van der Waals surface area contributed by atoms with Gasteiger partial charge >= 0.3 is 0 Å². The number of rotatable bonds is 6. The van der Waals surface area contributed by atoms with Gasteiger partial charge in [-0.1, -0.05) is 60.7 Å². The van der Waals surface area contributed by atoms with E-state index in [9.17, 15) is 5.11 Å². The van der Waals surface area contributed by atoms with Crippen molar-refractivity contribution in [1.29, 1.82) is 0 Å². The van der Waals surface area contributed by atoms with Gasteiger partial charge in [0.1, 0.15) is 17.8 Å². The first-order valence-corrected chi connectivity index (χ1v) is 7.23. The van der Waals surface area contributed by atoms with E-state index in [1.54, 1.807) is 6.92 Å². The fraction of sp³-hybridized carbons (Fsp3) is 0.333. The molecule has 1 heterocycles. The van der Waals surface area contributed by atoms with E-state index in [2.05, 4.69) is 0 Å². The third-order valence-electron chi connectivity index (χ3n) is 3.89. The second kappa shape index (κ2) is 5.98. The summed E-state index contributed by atoms with van der Waals surface area (Å²) < 4.78 is 11.3. The van der Waals surface area contributed by atoms with Crippen molar-refractivity contribution in [2.24, 2.45) is 0 Å². The zero-order chi connectivity index (χ0) is 14.7. The van der Waals surface area contributed by atoms with E-state index in [-0.39, 0.29) is 12.2 Å². The molecule has 3 atom stereocenters. The SMILES string of the molecule is C[C@](O)(c1ccccc1)[C@@H]1O[C@H]1COCc1ccccc1. The number of hydrogen-bond acceptors (Lipinski definition) is 3. The Balaban J connectivity index is 1.50. The summed E-state index contributed by atoms with van der Waals surface area (Å²) in [5.74, 6) is 0. The normalized spacial score (nSPS) is 23.5. The van der Waals surface area contributed by atoms with Gasteiger partial charge in [-0.05, 0) is 18.1 Å². The van der Waals surface area contributed by atoms with Crippen LogP contribution in [0.2, 0.25) is 0 Å². The Bertz CT molecular complexity index is 566. The Hall–Kier alpha value is -1.68. The van der Waals surface area contributed by atoms with Gasteiger partial charge in [-0.25, -0.2) is 0 Å². The lowest BCUT2D eigenvalue weighted by Crippen LogP contribution is -2.30. The quantitative estimate of drug-likeness (QED) is 0.829. The van der Waals surface area contributed by atoms with Gasteiger partial charge in [0.25, 0.3) is 0 Å². The fourth-order valence-corrected chi connectivity index (χ4v) is 2.57. The maximum absolute atomic E-state index is 10.6. The standard InChI is InChI=1S/C18H20O3/c1-18(19,15-10-6-3-7-11-15)17-16(21-17)13-20-12-14-8-4-2-5-9-14/h2-11,16-17,19H,12-13H2,1H3/t16-,17+,18-/m0/s1. The topological polar surface area (TPSA) is 42.0 Å². The van der Waals surface area contributed by atoms with Gasteiger partial charge in [-0.15, -0.1) is 0 Å². The molecule has 3 rings (SSSR count). The molecule has 1 fully saturated rings. The van der Waals surface area contributed by atoms with E-state index in [4.69, 9.17) is 9.47 Å². The number of ether oxygens (including phenoxy) is 2. The van der Waals surface area contributed by atoms with Gasteiger partial charge in [-0.3, -0.25) is 0 Å². The maximum Gasteiger partial charge on any atom is 0.119 e. The van der Waals surface area contributed by atoms with Crippen molar-refractivity contribution in [2.45, 2.75) is 31.3 Å². The Morgan fingerprint density at radius 2 is 1.67 bits per heavy atom. The van der Waals surface area contributed by atoms with Gasteiger partial charge in [-0.2, -0.15) is 0 Å². The highest BCUT2D eigenvalue weighted by atomic mass is 16.6. The molecule has 0 radical (unpaired) electrons. The largest absolute Gasteiger partial charge is 0.383 e. The molecule has 2 aromatic rings. The number of hydrogen-bond donors (Lipinski definition) is 1. The van der Waals surface area contributed by atoms with Crippen LogP contribution in [0.3, 0.4) is 0 Å². The van der Waals surface area contributed by atoms with Crippen LogP contribution >= 0.6 is 0 Å². The molecule has 0 aromatic heterocycles. The number of benzene rings is 2. The van der Waals surface area contributed by atoms with Crippen molar-refractivity contribution in [2.75, 3.05) is 6.61 Å². The minimum absolute atomic E-state index is 0.0380. The van der Waals surface area contributed by atoms with Crippen LogP contribution in [-0.4, -0.2) is 23.9 Å². The summed E-state index contributed by atoms with van der Waals surface area (Å²) in [6.45, 7) is 2.87. The van der Waals surface area contributed by atoms with E-state index in [0.717, 1.165) is 11.1 Å². The second-order valence-electron chi connectivity index (χ2n) is 5.61. The predicted octanol–water partition coefficient (Wildman–Crippen LogP) is 2.88. The number of aliphatic hydroxyl groups is 1. The first kappa shape index (κ1) is 14.3. The van der Waals surface area contributed by atoms with E-state index in [1.165, 1.54) is 0 Å². The van der Waals surface area contributed by atoms with Crippen LogP contribution in [0, 0.1) is 0 Å². The second-order valence-corrected chi connectivity index (χ2v) is 5.61. The maximum atomic E-state index is 10.6. The molecule has 110 valence electrons. The average molecular weight is 284 g/mol. The molecular formula is C18H20O3. The van der Waals surface area contributed by atoms with Crippen molar-refractivity contribution in [3.63, 3.8) is 0 Å². The lowest BCUT2D eigenvalue weighted by molar-refractivity contribution is 0.0258. The Morgan fingerprint density at radius 3 is 2.33 bits per heavy atom. The molecule has 21 heavy (non-hydrogen) atoms. The first-order chi connectivity index (χ1) is 10.2. The molecule has 3 nitrogen and oxygen atoms in total. The van der Waals surface area contributed by atoms with Crippen molar-refractivity contribution in [3.05, 3.63) is 71.8 Å². The van der Waals surface area contributed by atoms with Crippen molar-refractivity contribution in [3.8, 4) is 0 Å². The van der Waals surface area contributed by atoms with Gasteiger partial charge in [0, 0.05) is 0 Å². The molecule has 0 unspecified atom stereocenters. The minimum Gasteiger partial charge on any atom is -0.383 e. The molecule has 0 aliphatic carbocycles. The molecule has 0 amide bonds. The molecule has 0 bridgehead atoms. The summed E-state index contributed by atoms with van der Waals surface area (Å²) in [5.41, 5.74) is 1.05. The van der Waals surface area contributed by atoms with Crippen LogP contribution in [0.1, 0.15) is 18.1 Å². The van der Waals surface area contributed by atoms with E-state index in [0.29, 0.717) is 13.2 Å². The third-order valence-corrected chi connectivity index (χ3v) is 3.89. The Labute approximate surface area is 125 Å². The molecular weight excluding hydrogens is 264 g/mol. The first-order valence-electron chi connectivity index (χ1n) is 7.23. The third kappa shape index (κ3) is 3.32. The van der Waals surface area contributed by atoms with Gasteiger partial charge in [0.05, 0.1) is 13.2 Å². The molecule has 1 N–H and O–H groups in total. The lowest BCUT2D eigenvalue weighted by atomic mass is 9.91. The predicted molar refractivity (Wildman–Crippen MR) is 80.8 cm³/mol. The molecule has 0 saturated carbocycles. The van der Waals surface area contributed by atoms with E-state index < -0.39 is 5.60 Å². The molecule has 2 aromatic carbocycles. The Morgan fingerprint density at radius 1 is 1.05 bits per heavy atom. The van der Waals surface area contributed by atoms with Gasteiger partial charge < -0.3 is 14.6 Å². The number of epoxide rings is 1. The average Bonchev–Trinajstić information content (AvgIpc) is 3.30. The van der Waals surface area contributed by atoms with Crippen LogP contribution < -0.4 is 0 Å². The monoisotopic (exact) mass is 284 g/mol. The summed E-state index contributed by atoms with van der Waals surface area (Å²) in [6, 6.07) is 19.7. The van der Waals surface area contributed by atoms with Crippen LogP contribution in [-0.2, 0) is 21.7 Å². The van der Waals surface area contributed by atoms with E-state index >= 15 is 0 Å². The summed E-state index contributed by atoms with van der Waals surface area (Å²) in [4.78, 5) is 0. The highest BCUT2D eigenvalue weighted by Crippen LogP contribution is 2.39.